The molecule has 3 aromatic heterocycles. The predicted octanol–water partition coefficient (Wildman–Crippen LogP) is 2.78. The molecule has 0 aliphatic heterocycles. The normalized spacial score (nSPS) is 11.1. The highest BCUT2D eigenvalue weighted by Gasteiger charge is 2.12. The third-order valence-corrected chi connectivity index (χ3v) is 6.05. The van der Waals surface area contributed by atoms with Crippen molar-refractivity contribution in [3.05, 3.63) is 45.7 Å². The number of carbonyl (C=O) groups is 1. The first-order valence-corrected chi connectivity index (χ1v) is 10.2. The van der Waals surface area contributed by atoms with Gasteiger partial charge in [-0.25, -0.2) is 9.50 Å². The molecule has 0 aliphatic carbocycles. The Balaban J connectivity index is 1.43. The monoisotopic (exact) mass is 375 g/mol. The molecule has 3 aromatic rings. The number of carbonyl (C=O) groups excluding carboxylic acids is 1. The third kappa shape index (κ3) is 4.58. The zero-order chi connectivity index (χ0) is 17.6. The minimum atomic E-state index is 0.0780. The number of hydrogen-bond donors (Lipinski definition) is 1. The van der Waals surface area contributed by atoms with Crippen molar-refractivity contribution in [3.8, 4) is 0 Å². The van der Waals surface area contributed by atoms with E-state index < -0.39 is 0 Å². The Labute approximate surface area is 155 Å². The first-order chi connectivity index (χ1) is 12.1. The van der Waals surface area contributed by atoms with Crippen LogP contribution >= 0.6 is 23.1 Å². The smallest absolute Gasteiger partial charge is 0.252 e. The molecule has 8 heteroatoms. The van der Waals surface area contributed by atoms with Crippen molar-refractivity contribution in [1.29, 1.82) is 0 Å². The second-order valence-electron chi connectivity index (χ2n) is 5.71. The van der Waals surface area contributed by atoms with Gasteiger partial charge in [-0.3, -0.25) is 4.79 Å². The summed E-state index contributed by atoms with van der Waals surface area (Å²) in [5.41, 5.74) is 2.98. The minimum absolute atomic E-state index is 0.0780. The Kier molecular flexibility index (Phi) is 6.04. The molecule has 0 atom stereocenters. The van der Waals surface area contributed by atoms with E-state index in [0.717, 1.165) is 28.5 Å². The Morgan fingerprint density at radius 1 is 1.40 bits per heavy atom. The van der Waals surface area contributed by atoms with E-state index in [4.69, 9.17) is 0 Å². The lowest BCUT2D eigenvalue weighted by Crippen LogP contribution is -2.26. The molecule has 3 rings (SSSR count). The molecule has 0 saturated heterocycles. The molecular weight excluding hydrogens is 354 g/mol. The molecule has 0 aliphatic rings. The summed E-state index contributed by atoms with van der Waals surface area (Å²) in [5.74, 6) is 2.61. The summed E-state index contributed by atoms with van der Waals surface area (Å²) < 4.78 is 1.72. The number of amides is 1. The zero-order valence-corrected chi connectivity index (χ0v) is 16.0. The predicted molar refractivity (Wildman–Crippen MR) is 102 cm³/mol. The zero-order valence-electron chi connectivity index (χ0n) is 14.4. The third-order valence-electron chi connectivity index (χ3n) is 3.98. The van der Waals surface area contributed by atoms with Crippen molar-refractivity contribution < 1.29 is 4.79 Å². The maximum absolute atomic E-state index is 12.1. The average Bonchev–Trinajstić information content (AvgIpc) is 3.25. The van der Waals surface area contributed by atoms with Crippen LogP contribution in [0.3, 0.4) is 0 Å². The van der Waals surface area contributed by atoms with E-state index in [1.165, 1.54) is 11.2 Å². The number of nitrogens with zero attached hydrogens (tertiary/aromatic N) is 4. The van der Waals surface area contributed by atoms with Gasteiger partial charge in [-0.2, -0.15) is 21.8 Å². The van der Waals surface area contributed by atoms with Crippen molar-refractivity contribution in [2.75, 3.05) is 12.3 Å². The van der Waals surface area contributed by atoms with E-state index >= 15 is 0 Å². The molecule has 0 saturated carbocycles. The molecule has 0 aromatic carbocycles. The fraction of sp³-hybridized carbons (Fsp3) is 0.412. The Morgan fingerprint density at radius 2 is 2.28 bits per heavy atom. The van der Waals surface area contributed by atoms with Gasteiger partial charge in [-0.05, 0) is 37.3 Å². The molecule has 132 valence electrons. The van der Waals surface area contributed by atoms with Crippen LogP contribution in [-0.4, -0.2) is 37.8 Å². The number of nitrogens with one attached hydrogen (secondary N) is 1. The summed E-state index contributed by atoms with van der Waals surface area (Å²) in [6, 6.07) is 4.21. The van der Waals surface area contributed by atoms with Crippen LogP contribution in [0.2, 0.25) is 0 Å². The Bertz CT molecular complexity index is 844. The summed E-state index contributed by atoms with van der Waals surface area (Å²) >= 11 is 3.61. The maximum Gasteiger partial charge on any atom is 0.252 e. The standard InChI is InChI=1S/C17H21N5OS2/c1-12-15(13(2)22-17(21-12)19-11-20-22)5-6-16(23)18-7-9-24-10-14-4-3-8-25-14/h3-4,8,11H,5-7,9-10H2,1-2H3,(H,18,23). The lowest BCUT2D eigenvalue weighted by Gasteiger charge is -2.10. The second kappa shape index (κ2) is 8.44. The van der Waals surface area contributed by atoms with Crippen molar-refractivity contribution >= 4 is 34.8 Å². The average molecular weight is 376 g/mol. The van der Waals surface area contributed by atoms with Gasteiger partial charge < -0.3 is 5.32 Å². The summed E-state index contributed by atoms with van der Waals surface area (Å²) in [6.07, 6.45) is 2.62. The van der Waals surface area contributed by atoms with E-state index in [0.29, 0.717) is 25.2 Å². The van der Waals surface area contributed by atoms with E-state index in [-0.39, 0.29) is 5.91 Å². The largest absolute Gasteiger partial charge is 0.355 e. The van der Waals surface area contributed by atoms with Gasteiger partial charge in [0, 0.05) is 40.7 Å². The quantitative estimate of drug-likeness (QED) is 0.613. The van der Waals surface area contributed by atoms with Gasteiger partial charge in [-0.1, -0.05) is 6.07 Å². The highest BCUT2D eigenvalue weighted by molar-refractivity contribution is 7.98. The number of aryl methyl sites for hydroxylation is 2. The van der Waals surface area contributed by atoms with Gasteiger partial charge in [-0.15, -0.1) is 11.3 Å². The number of aromatic nitrogens is 4. The SMILES string of the molecule is Cc1nc2ncnn2c(C)c1CCC(=O)NCCSCc1cccs1. The van der Waals surface area contributed by atoms with Crippen LogP contribution in [0.25, 0.3) is 5.78 Å². The molecule has 0 bridgehead atoms. The van der Waals surface area contributed by atoms with Crippen LogP contribution in [0.5, 0.6) is 0 Å². The number of hydrogen-bond acceptors (Lipinski definition) is 6. The Morgan fingerprint density at radius 3 is 3.08 bits per heavy atom. The molecule has 0 fully saturated rings. The lowest BCUT2D eigenvalue weighted by atomic mass is 10.1. The first kappa shape index (κ1) is 17.9. The van der Waals surface area contributed by atoms with E-state index in [1.54, 1.807) is 15.9 Å². The molecule has 1 amide bonds. The van der Waals surface area contributed by atoms with Crippen LogP contribution in [0.15, 0.2) is 23.8 Å². The van der Waals surface area contributed by atoms with Gasteiger partial charge in [0.05, 0.1) is 0 Å². The van der Waals surface area contributed by atoms with Crippen molar-refractivity contribution in [3.63, 3.8) is 0 Å². The van der Waals surface area contributed by atoms with Gasteiger partial charge in [0.2, 0.25) is 5.91 Å². The van der Waals surface area contributed by atoms with Crippen LogP contribution in [-0.2, 0) is 17.0 Å². The summed E-state index contributed by atoms with van der Waals surface area (Å²) in [7, 11) is 0. The number of rotatable bonds is 8. The highest BCUT2D eigenvalue weighted by atomic mass is 32.2. The van der Waals surface area contributed by atoms with Crippen LogP contribution < -0.4 is 5.32 Å². The van der Waals surface area contributed by atoms with Gasteiger partial charge in [0.25, 0.3) is 5.78 Å². The first-order valence-electron chi connectivity index (χ1n) is 8.18. The summed E-state index contributed by atoms with van der Waals surface area (Å²) in [4.78, 5) is 22.0. The molecular formula is C17H21N5OS2. The van der Waals surface area contributed by atoms with Crippen LogP contribution in [0.4, 0.5) is 0 Å². The second-order valence-corrected chi connectivity index (χ2v) is 7.85. The van der Waals surface area contributed by atoms with Crippen molar-refractivity contribution in [2.24, 2.45) is 0 Å². The molecule has 3 heterocycles. The fourth-order valence-corrected chi connectivity index (χ4v) is 4.37. The molecule has 1 N–H and O–H groups in total. The molecule has 0 spiro atoms. The van der Waals surface area contributed by atoms with Crippen LogP contribution in [0, 0.1) is 13.8 Å². The maximum atomic E-state index is 12.1. The van der Waals surface area contributed by atoms with E-state index in [2.05, 4.69) is 37.9 Å². The number of fused-ring (bicyclic) bond motifs is 1. The van der Waals surface area contributed by atoms with Gasteiger partial charge in [0.1, 0.15) is 6.33 Å². The molecule has 25 heavy (non-hydrogen) atoms. The summed E-state index contributed by atoms with van der Waals surface area (Å²) in [6.45, 7) is 4.65. The molecule has 6 nitrogen and oxygen atoms in total. The lowest BCUT2D eigenvalue weighted by molar-refractivity contribution is -0.120. The van der Waals surface area contributed by atoms with Gasteiger partial charge in [0.15, 0.2) is 0 Å². The summed E-state index contributed by atoms with van der Waals surface area (Å²) in [5, 5.41) is 9.26. The van der Waals surface area contributed by atoms with Gasteiger partial charge >= 0.3 is 0 Å². The highest BCUT2D eigenvalue weighted by Crippen LogP contribution is 2.17. The Hall–Kier alpha value is -1.93. The van der Waals surface area contributed by atoms with Crippen LogP contribution in [0.1, 0.15) is 28.2 Å². The van der Waals surface area contributed by atoms with E-state index in [9.17, 15) is 4.79 Å². The van der Waals surface area contributed by atoms with E-state index in [1.807, 2.05) is 25.6 Å². The van der Waals surface area contributed by atoms with Crippen molar-refractivity contribution in [2.45, 2.75) is 32.4 Å². The molecule has 0 unspecified atom stereocenters. The molecule has 0 radical (unpaired) electrons. The minimum Gasteiger partial charge on any atom is -0.355 e. The number of thioether (sulfide) groups is 1. The van der Waals surface area contributed by atoms with Crippen molar-refractivity contribution in [1.82, 2.24) is 24.9 Å². The fourth-order valence-electron chi connectivity index (χ4n) is 2.67. The topological polar surface area (TPSA) is 72.2 Å². The number of thiophene rings is 1.